The van der Waals surface area contributed by atoms with Crippen molar-refractivity contribution < 1.29 is 4.40 Å². The van der Waals surface area contributed by atoms with Crippen LogP contribution in [0, 0.1) is 0 Å². The second-order valence-electron chi connectivity index (χ2n) is 3.33. The molecule has 0 fully saturated rings. The Morgan fingerprint density at radius 1 is 1.07 bits per heavy atom. The summed E-state index contributed by atoms with van der Waals surface area (Å²) >= 11 is 1.80. The fourth-order valence-electron chi connectivity index (χ4n) is 1.94. The molecule has 3 rings (SSSR count). The molecule has 3 heterocycles. The Balaban J connectivity index is 2.46. The maximum atomic E-state index is 2.30. The fraction of sp³-hybridized carbons (Fsp3) is 0.0833. The van der Waals surface area contributed by atoms with Crippen LogP contribution in [-0.2, 0) is 0 Å². The minimum absolute atomic E-state index is 1.26. The molecule has 0 radical (unpaired) electrons. The average Bonchev–Trinajstić information content (AvgIpc) is 2.60. The summed E-state index contributed by atoms with van der Waals surface area (Å²) in [6.45, 7) is 0. The van der Waals surface area contributed by atoms with Crippen LogP contribution in [0.2, 0.25) is 0 Å². The number of thioether (sulfide) groups is 1. The van der Waals surface area contributed by atoms with Crippen molar-refractivity contribution in [2.24, 2.45) is 0 Å². The zero-order chi connectivity index (χ0) is 9.54. The van der Waals surface area contributed by atoms with Crippen molar-refractivity contribution >= 4 is 28.3 Å². The lowest BCUT2D eigenvalue weighted by molar-refractivity contribution is -0.513. The fourth-order valence-corrected chi connectivity index (χ4v) is 2.55. The van der Waals surface area contributed by atoms with E-state index in [1.165, 1.54) is 21.8 Å². The lowest BCUT2D eigenvalue weighted by atomic mass is 10.3. The van der Waals surface area contributed by atoms with Crippen LogP contribution in [0.5, 0.6) is 0 Å². The second-order valence-corrected chi connectivity index (χ2v) is 4.18. The van der Waals surface area contributed by atoms with E-state index in [1.807, 2.05) is 0 Å². The van der Waals surface area contributed by atoms with E-state index in [0.717, 1.165) is 0 Å². The van der Waals surface area contributed by atoms with Crippen molar-refractivity contribution in [3.8, 4) is 0 Å². The first-order valence-electron chi connectivity index (χ1n) is 4.60. The van der Waals surface area contributed by atoms with Gasteiger partial charge in [-0.1, -0.05) is 0 Å². The summed E-state index contributed by atoms with van der Waals surface area (Å²) in [5, 5.41) is 0. The summed E-state index contributed by atoms with van der Waals surface area (Å²) < 4.78 is 2.30. The molecule has 68 valence electrons. The van der Waals surface area contributed by atoms with E-state index in [-0.39, 0.29) is 0 Å². The lowest BCUT2D eigenvalue weighted by Crippen LogP contribution is -2.26. The van der Waals surface area contributed by atoms with Crippen LogP contribution in [0.1, 0.15) is 11.4 Å². The molecule has 0 spiro atoms. The van der Waals surface area contributed by atoms with Crippen LogP contribution < -0.4 is 4.40 Å². The Kier molecular flexibility index (Phi) is 1.64. The van der Waals surface area contributed by atoms with Gasteiger partial charge in [0.05, 0.1) is 4.91 Å². The van der Waals surface area contributed by atoms with Gasteiger partial charge in [0.1, 0.15) is 0 Å². The molecule has 1 aliphatic rings. The highest BCUT2D eigenvalue weighted by atomic mass is 32.2. The van der Waals surface area contributed by atoms with E-state index in [2.05, 4.69) is 53.1 Å². The highest BCUT2D eigenvalue weighted by molar-refractivity contribution is 8.07. The minimum atomic E-state index is 1.26. The van der Waals surface area contributed by atoms with E-state index < -0.39 is 0 Å². The Hall–Kier alpha value is -1.28. The third-order valence-corrected chi connectivity index (χ3v) is 3.33. The van der Waals surface area contributed by atoms with Crippen LogP contribution in [0.15, 0.2) is 36.4 Å². The molecule has 0 saturated carbocycles. The Morgan fingerprint density at radius 3 is 2.64 bits per heavy atom. The highest BCUT2D eigenvalue weighted by Gasteiger charge is 2.23. The predicted octanol–water partition coefficient (Wildman–Crippen LogP) is 2.60. The quantitative estimate of drug-likeness (QED) is 0.640. The van der Waals surface area contributed by atoms with Crippen molar-refractivity contribution in [2.45, 2.75) is 0 Å². The normalized spacial score (nSPS) is 13.4. The van der Waals surface area contributed by atoms with Gasteiger partial charge >= 0.3 is 0 Å². The van der Waals surface area contributed by atoms with Crippen LogP contribution in [0.3, 0.4) is 0 Å². The van der Waals surface area contributed by atoms with Gasteiger partial charge in [-0.25, -0.2) is 0 Å². The van der Waals surface area contributed by atoms with Gasteiger partial charge in [-0.05, 0) is 18.4 Å². The number of hydrogen-bond acceptors (Lipinski definition) is 1. The SMILES string of the molecule is CSC1=Cc2cccc3cccc1[n+]23. The first kappa shape index (κ1) is 8.06. The third kappa shape index (κ3) is 0.946. The largest absolute Gasteiger partial charge is 0.225 e. The number of nitrogens with zero attached hydrogens (tertiary/aromatic N) is 1. The first-order valence-corrected chi connectivity index (χ1v) is 5.82. The summed E-state index contributed by atoms with van der Waals surface area (Å²) in [5.74, 6) is 0. The number of hydrogen-bond donors (Lipinski definition) is 0. The minimum Gasteiger partial charge on any atom is -0.153 e. The second kappa shape index (κ2) is 2.85. The van der Waals surface area contributed by atoms with Crippen molar-refractivity contribution in [3.63, 3.8) is 0 Å². The van der Waals surface area contributed by atoms with Gasteiger partial charge in [0.2, 0.25) is 16.9 Å². The monoisotopic (exact) mass is 200 g/mol. The van der Waals surface area contributed by atoms with Crippen LogP contribution in [0.25, 0.3) is 16.5 Å². The summed E-state index contributed by atoms with van der Waals surface area (Å²) in [5.41, 5.74) is 3.85. The molecule has 1 aliphatic heterocycles. The highest BCUT2D eigenvalue weighted by Crippen LogP contribution is 2.29. The summed E-state index contributed by atoms with van der Waals surface area (Å²) in [6.07, 6.45) is 4.37. The molecule has 2 heteroatoms. The van der Waals surface area contributed by atoms with Crippen LogP contribution in [-0.4, -0.2) is 6.26 Å². The predicted molar refractivity (Wildman–Crippen MR) is 61.0 cm³/mol. The number of aromatic nitrogens is 1. The van der Waals surface area contributed by atoms with Gasteiger partial charge in [-0.3, -0.25) is 0 Å². The van der Waals surface area contributed by atoms with Crippen molar-refractivity contribution in [1.29, 1.82) is 0 Å². The Morgan fingerprint density at radius 2 is 1.86 bits per heavy atom. The number of rotatable bonds is 1. The zero-order valence-corrected chi connectivity index (χ0v) is 8.71. The molecule has 0 N–H and O–H groups in total. The van der Waals surface area contributed by atoms with E-state index >= 15 is 0 Å². The van der Waals surface area contributed by atoms with Gasteiger partial charge < -0.3 is 0 Å². The summed E-state index contributed by atoms with van der Waals surface area (Å²) in [7, 11) is 0. The Labute approximate surface area is 87.1 Å². The molecule has 2 aromatic rings. The average molecular weight is 200 g/mol. The molecule has 1 nitrogen and oxygen atoms in total. The molecule has 0 aromatic carbocycles. The van der Waals surface area contributed by atoms with Gasteiger partial charge in [0.15, 0.2) is 0 Å². The standard InChI is InChI=1S/C12H10NS/c1-14-12-8-10-6-2-4-9-5-3-7-11(12)13(9)10/h2-8H,1H3/q+1. The maximum Gasteiger partial charge on any atom is 0.225 e. The van der Waals surface area contributed by atoms with Crippen molar-refractivity contribution in [3.05, 3.63) is 47.8 Å². The zero-order valence-electron chi connectivity index (χ0n) is 7.90. The molecule has 0 saturated heterocycles. The molecule has 0 atom stereocenters. The summed E-state index contributed by atoms with van der Waals surface area (Å²) in [4.78, 5) is 1.35. The third-order valence-electron chi connectivity index (χ3n) is 2.56. The number of pyridine rings is 2. The molecule has 0 amide bonds. The molecule has 0 bridgehead atoms. The smallest absolute Gasteiger partial charge is 0.153 e. The Bertz CT molecular complexity index is 538. The van der Waals surface area contributed by atoms with Crippen LogP contribution in [0.4, 0.5) is 0 Å². The van der Waals surface area contributed by atoms with Gasteiger partial charge in [0.25, 0.3) is 0 Å². The van der Waals surface area contributed by atoms with Crippen molar-refractivity contribution in [2.75, 3.05) is 6.26 Å². The molecule has 2 aromatic heterocycles. The molecule has 0 unspecified atom stereocenters. The van der Waals surface area contributed by atoms with Crippen molar-refractivity contribution in [1.82, 2.24) is 0 Å². The van der Waals surface area contributed by atoms with Gasteiger partial charge in [-0.2, -0.15) is 4.40 Å². The first-order chi connectivity index (χ1) is 6.90. The maximum absolute atomic E-state index is 2.30. The van der Waals surface area contributed by atoms with E-state index in [0.29, 0.717) is 0 Å². The van der Waals surface area contributed by atoms with E-state index in [1.54, 1.807) is 11.8 Å². The molecule has 14 heavy (non-hydrogen) atoms. The van der Waals surface area contributed by atoms with Crippen LogP contribution >= 0.6 is 11.8 Å². The lowest BCUT2D eigenvalue weighted by Gasteiger charge is -1.94. The van der Waals surface area contributed by atoms with E-state index in [4.69, 9.17) is 0 Å². The topological polar surface area (TPSA) is 4.10 Å². The molecular weight excluding hydrogens is 190 g/mol. The van der Waals surface area contributed by atoms with Gasteiger partial charge in [-0.15, -0.1) is 11.8 Å². The van der Waals surface area contributed by atoms with Gasteiger partial charge in [0, 0.05) is 30.3 Å². The molecule has 0 aliphatic carbocycles. The van der Waals surface area contributed by atoms with E-state index in [9.17, 15) is 0 Å². The molecular formula is C12H10NS+. The summed E-state index contributed by atoms with van der Waals surface area (Å²) in [6, 6.07) is 12.8.